The maximum Gasteiger partial charge on any atom is 0.223 e. The summed E-state index contributed by atoms with van der Waals surface area (Å²) in [6.07, 6.45) is 4.45. The van der Waals surface area contributed by atoms with Crippen LogP contribution < -0.4 is 5.32 Å². The smallest absolute Gasteiger partial charge is 0.223 e. The van der Waals surface area contributed by atoms with Gasteiger partial charge in [-0.2, -0.15) is 0 Å². The number of phenolic OH excluding ortho intramolecular Hbond substituents is 1. The van der Waals surface area contributed by atoms with Gasteiger partial charge in [0.05, 0.1) is 6.04 Å². The highest BCUT2D eigenvalue weighted by atomic mass is 35.5. The molecule has 2 aromatic carbocycles. The summed E-state index contributed by atoms with van der Waals surface area (Å²) in [7, 11) is 0. The molecule has 5 heteroatoms. The number of rotatable bonds is 7. The van der Waals surface area contributed by atoms with E-state index in [0.29, 0.717) is 28.5 Å². The average molecular weight is 428 g/mol. The third-order valence-corrected chi connectivity index (χ3v) is 6.36. The van der Waals surface area contributed by atoms with Crippen LogP contribution in [0.1, 0.15) is 61.6 Å². The maximum absolute atomic E-state index is 12.8. The summed E-state index contributed by atoms with van der Waals surface area (Å²) in [6, 6.07) is 13.2. The van der Waals surface area contributed by atoms with E-state index in [1.54, 1.807) is 26.0 Å². The summed E-state index contributed by atoms with van der Waals surface area (Å²) in [4.78, 5) is 25.4. The average Bonchev–Trinajstić information content (AvgIpc) is 2.75. The Hall–Kier alpha value is -2.33. The van der Waals surface area contributed by atoms with Crippen molar-refractivity contribution < 1.29 is 14.7 Å². The molecule has 1 aliphatic carbocycles. The molecular formula is C25H30ClNO3. The molecule has 30 heavy (non-hydrogen) atoms. The summed E-state index contributed by atoms with van der Waals surface area (Å²) >= 11 is 6.06. The zero-order valence-corrected chi connectivity index (χ0v) is 18.4. The van der Waals surface area contributed by atoms with Crippen LogP contribution in [0.4, 0.5) is 0 Å². The molecule has 0 saturated heterocycles. The lowest BCUT2D eigenvalue weighted by atomic mass is 9.77. The van der Waals surface area contributed by atoms with Crippen molar-refractivity contribution >= 4 is 23.3 Å². The normalized spacial score (nSPS) is 19.8. The van der Waals surface area contributed by atoms with Crippen molar-refractivity contribution in [2.45, 2.75) is 64.3 Å². The lowest BCUT2D eigenvalue weighted by Crippen LogP contribution is -2.42. The molecule has 0 bridgehead atoms. The van der Waals surface area contributed by atoms with Crippen LogP contribution in [0.5, 0.6) is 5.75 Å². The number of carbonyl (C=O) groups is 2. The van der Waals surface area contributed by atoms with Gasteiger partial charge in [0, 0.05) is 17.4 Å². The number of aryl methyl sites for hydroxylation is 2. The van der Waals surface area contributed by atoms with Crippen LogP contribution in [0.3, 0.4) is 0 Å². The highest BCUT2D eigenvalue weighted by Crippen LogP contribution is 2.36. The Bertz CT molecular complexity index is 897. The molecule has 0 aliphatic heterocycles. The summed E-state index contributed by atoms with van der Waals surface area (Å²) in [5, 5.41) is 13.6. The topological polar surface area (TPSA) is 66.4 Å². The third-order valence-electron chi connectivity index (χ3n) is 6.14. The first-order valence-electron chi connectivity index (χ1n) is 10.7. The van der Waals surface area contributed by atoms with Crippen molar-refractivity contribution in [1.82, 2.24) is 5.32 Å². The van der Waals surface area contributed by atoms with Crippen molar-refractivity contribution in [3.63, 3.8) is 0 Å². The van der Waals surface area contributed by atoms with Gasteiger partial charge in [-0.15, -0.1) is 0 Å². The number of nitrogens with one attached hydrogen (secondary N) is 1. The van der Waals surface area contributed by atoms with Gasteiger partial charge >= 0.3 is 0 Å². The molecule has 4 nitrogen and oxygen atoms in total. The van der Waals surface area contributed by atoms with E-state index in [9.17, 15) is 14.7 Å². The van der Waals surface area contributed by atoms with Crippen LogP contribution in [-0.4, -0.2) is 22.8 Å². The fraction of sp³-hybridized carbons (Fsp3) is 0.440. The van der Waals surface area contributed by atoms with E-state index in [4.69, 9.17) is 11.6 Å². The Morgan fingerprint density at radius 3 is 2.67 bits per heavy atom. The van der Waals surface area contributed by atoms with Crippen LogP contribution in [0, 0.1) is 12.8 Å². The summed E-state index contributed by atoms with van der Waals surface area (Å²) in [5.74, 6) is 0.446. The van der Waals surface area contributed by atoms with Crippen molar-refractivity contribution in [2.75, 3.05) is 0 Å². The molecular weight excluding hydrogens is 398 g/mol. The number of aromatic hydroxyl groups is 1. The van der Waals surface area contributed by atoms with Gasteiger partial charge in [-0.25, -0.2) is 0 Å². The first kappa shape index (κ1) is 22.4. The molecule has 1 fully saturated rings. The molecule has 3 atom stereocenters. The van der Waals surface area contributed by atoms with E-state index < -0.39 is 6.04 Å². The minimum Gasteiger partial charge on any atom is -0.507 e. The first-order chi connectivity index (χ1) is 14.3. The Morgan fingerprint density at radius 1 is 1.20 bits per heavy atom. The molecule has 2 N–H and O–H groups in total. The second-order valence-electron chi connectivity index (χ2n) is 8.40. The number of ketones is 1. The number of hydrogen-bond acceptors (Lipinski definition) is 3. The van der Waals surface area contributed by atoms with E-state index >= 15 is 0 Å². The molecule has 0 unspecified atom stereocenters. The van der Waals surface area contributed by atoms with E-state index in [2.05, 4.69) is 17.4 Å². The first-order valence-corrected chi connectivity index (χ1v) is 11.1. The van der Waals surface area contributed by atoms with E-state index in [0.717, 1.165) is 25.7 Å². The van der Waals surface area contributed by atoms with Crippen LogP contribution >= 0.6 is 11.6 Å². The monoisotopic (exact) mass is 427 g/mol. The second-order valence-corrected chi connectivity index (χ2v) is 8.83. The summed E-state index contributed by atoms with van der Waals surface area (Å²) < 4.78 is 0. The Balaban J connectivity index is 1.53. The predicted octanol–water partition coefficient (Wildman–Crippen LogP) is 5.33. The highest BCUT2D eigenvalue weighted by Gasteiger charge is 2.29. The number of carbonyl (C=O) groups excluding carboxylic acids is 2. The Morgan fingerprint density at radius 2 is 1.93 bits per heavy atom. The minimum atomic E-state index is -0.544. The third kappa shape index (κ3) is 5.63. The standard InChI is InChI=1S/C25H30ClNO3/c1-16-13-22(26)15-20(24(16)29)11-12-23(28)17(2)27-25(30)21-10-6-9-19(14-21)18-7-4-3-5-8-18/h3-5,7-8,13,15,17,19,21,29H,6,9-12,14H2,1-2H3,(H,27,30)/t17-,19-,21+/m0/s1. The molecule has 0 radical (unpaired) electrons. The zero-order valence-electron chi connectivity index (χ0n) is 17.7. The lowest BCUT2D eigenvalue weighted by Gasteiger charge is -2.29. The Kier molecular flexibility index (Phi) is 7.54. The van der Waals surface area contributed by atoms with Crippen LogP contribution in [-0.2, 0) is 16.0 Å². The molecule has 0 heterocycles. The number of Topliss-reactive ketones (excluding diaryl/α,β-unsaturated/α-hetero) is 1. The van der Waals surface area contributed by atoms with Gasteiger partial charge in [0.25, 0.3) is 0 Å². The molecule has 1 aliphatic rings. The molecule has 1 amide bonds. The van der Waals surface area contributed by atoms with Crippen LogP contribution in [0.2, 0.25) is 5.02 Å². The van der Waals surface area contributed by atoms with Gasteiger partial charge in [-0.3, -0.25) is 9.59 Å². The van der Waals surface area contributed by atoms with Crippen molar-refractivity contribution in [1.29, 1.82) is 0 Å². The number of amides is 1. The van der Waals surface area contributed by atoms with Gasteiger partial charge < -0.3 is 10.4 Å². The number of benzene rings is 2. The summed E-state index contributed by atoms with van der Waals surface area (Å²) in [6.45, 7) is 3.52. The van der Waals surface area contributed by atoms with Crippen molar-refractivity contribution in [2.24, 2.45) is 5.92 Å². The molecule has 160 valence electrons. The van der Waals surface area contributed by atoms with Crippen LogP contribution in [0.25, 0.3) is 0 Å². The van der Waals surface area contributed by atoms with Gasteiger partial charge in [0.1, 0.15) is 5.75 Å². The van der Waals surface area contributed by atoms with Gasteiger partial charge in [0.2, 0.25) is 5.91 Å². The number of hydrogen-bond donors (Lipinski definition) is 2. The molecule has 0 spiro atoms. The zero-order chi connectivity index (χ0) is 21.7. The quantitative estimate of drug-likeness (QED) is 0.627. The summed E-state index contributed by atoms with van der Waals surface area (Å²) in [5.41, 5.74) is 2.64. The molecule has 3 rings (SSSR count). The largest absolute Gasteiger partial charge is 0.507 e. The minimum absolute atomic E-state index is 0.0297. The SMILES string of the molecule is Cc1cc(Cl)cc(CCC(=O)[C@H](C)NC(=O)[C@@H]2CCC[C@H](c3ccccc3)C2)c1O. The molecule has 0 aromatic heterocycles. The second kappa shape index (κ2) is 10.1. The fourth-order valence-electron chi connectivity index (χ4n) is 4.34. The predicted molar refractivity (Wildman–Crippen MR) is 120 cm³/mol. The van der Waals surface area contributed by atoms with Gasteiger partial charge in [-0.05, 0) is 74.3 Å². The van der Waals surface area contributed by atoms with Crippen LogP contribution in [0.15, 0.2) is 42.5 Å². The van der Waals surface area contributed by atoms with E-state index in [-0.39, 0.29) is 29.8 Å². The number of phenols is 1. The van der Waals surface area contributed by atoms with Crippen molar-refractivity contribution in [3.05, 3.63) is 64.2 Å². The van der Waals surface area contributed by atoms with Gasteiger partial charge in [0.15, 0.2) is 5.78 Å². The highest BCUT2D eigenvalue weighted by molar-refractivity contribution is 6.30. The Labute approximate surface area is 183 Å². The van der Waals surface area contributed by atoms with Gasteiger partial charge in [-0.1, -0.05) is 48.4 Å². The fourth-order valence-corrected chi connectivity index (χ4v) is 4.63. The van der Waals surface area contributed by atoms with Crippen molar-refractivity contribution in [3.8, 4) is 5.75 Å². The van der Waals surface area contributed by atoms with E-state index in [1.165, 1.54) is 5.56 Å². The number of halogens is 1. The van der Waals surface area contributed by atoms with E-state index in [1.807, 2.05) is 18.2 Å². The maximum atomic E-state index is 12.8. The molecule has 2 aromatic rings. The lowest BCUT2D eigenvalue weighted by molar-refractivity contribution is -0.130. The molecule has 1 saturated carbocycles.